The largest absolute Gasteiger partial charge is 0.478 e. The van der Waals surface area contributed by atoms with Crippen LogP contribution in [0.2, 0.25) is 0 Å². The second-order valence-electron chi connectivity index (χ2n) is 4.55. The fraction of sp³-hybridized carbons (Fsp3) is 0.308. The van der Waals surface area contributed by atoms with Gasteiger partial charge in [-0.2, -0.15) is 5.10 Å². The third-order valence-corrected chi connectivity index (χ3v) is 3.20. The van der Waals surface area contributed by atoms with E-state index in [1.807, 2.05) is 13.1 Å². The molecule has 0 atom stereocenters. The first-order valence-electron chi connectivity index (χ1n) is 5.89. The summed E-state index contributed by atoms with van der Waals surface area (Å²) in [6.45, 7) is 0. The van der Waals surface area contributed by atoms with E-state index < -0.39 is 5.97 Å². The summed E-state index contributed by atoms with van der Waals surface area (Å²) in [5.74, 6) is -0.592. The van der Waals surface area contributed by atoms with E-state index in [2.05, 4.69) is 10.1 Å². The fourth-order valence-electron chi connectivity index (χ4n) is 2.09. The average molecular weight is 243 g/mol. The van der Waals surface area contributed by atoms with E-state index in [1.165, 1.54) is 0 Å². The summed E-state index contributed by atoms with van der Waals surface area (Å²) in [6.07, 6.45) is 3.77. The fourth-order valence-corrected chi connectivity index (χ4v) is 2.09. The molecule has 3 rings (SSSR count). The molecule has 0 spiro atoms. The molecule has 1 aliphatic rings. The number of rotatable bonds is 3. The second kappa shape index (κ2) is 3.94. The molecule has 1 fully saturated rings. The zero-order valence-electron chi connectivity index (χ0n) is 10.00. The third-order valence-electron chi connectivity index (χ3n) is 3.20. The van der Waals surface area contributed by atoms with Crippen LogP contribution >= 0.6 is 0 Å². The van der Waals surface area contributed by atoms with Gasteiger partial charge in [-0.1, -0.05) is 0 Å². The topological polar surface area (TPSA) is 68.0 Å². The van der Waals surface area contributed by atoms with Gasteiger partial charge >= 0.3 is 5.97 Å². The zero-order chi connectivity index (χ0) is 12.7. The Kier molecular flexibility index (Phi) is 2.40. The molecule has 1 aliphatic carbocycles. The van der Waals surface area contributed by atoms with E-state index >= 15 is 0 Å². The first kappa shape index (κ1) is 11.0. The number of pyridine rings is 1. The van der Waals surface area contributed by atoms with Crippen LogP contribution in [0.25, 0.3) is 11.4 Å². The molecule has 0 amide bonds. The molecule has 18 heavy (non-hydrogen) atoms. The van der Waals surface area contributed by atoms with E-state index in [1.54, 1.807) is 23.0 Å². The van der Waals surface area contributed by atoms with Gasteiger partial charge in [-0.15, -0.1) is 0 Å². The van der Waals surface area contributed by atoms with Gasteiger partial charge in [-0.3, -0.25) is 9.67 Å². The van der Waals surface area contributed by atoms with Crippen molar-refractivity contribution in [3.8, 4) is 11.4 Å². The lowest BCUT2D eigenvalue weighted by atomic mass is 10.1. The summed E-state index contributed by atoms with van der Waals surface area (Å²) in [4.78, 5) is 15.7. The van der Waals surface area contributed by atoms with Crippen LogP contribution in [0.15, 0.2) is 24.4 Å². The predicted molar refractivity (Wildman–Crippen MR) is 65.4 cm³/mol. The predicted octanol–water partition coefficient (Wildman–Crippen LogP) is 2.06. The Hall–Kier alpha value is -2.17. The number of carboxylic acids is 1. The Bertz CT molecular complexity index is 614. The average Bonchev–Trinajstić information content (AvgIpc) is 3.11. The van der Waals surface area contributed by atoms with E-state index in [9.17, 15) is 4.79 Å². The second-order valence-corrected chi connectivity index (χ2v) is 4.55. The smallest absolute Gasteiger partial charge is 0.337 e. The van der Waals surface area contributed by atoms with Crippen LogP contribution < -0.4 is 0 Å². The summed E-state index contributed by atoms with van der Waals surface area (Å²) in [5, 5.41) is 13.3. The molecular weight excluding hydrogens is 230 g/mol. The molecule has 2 aromatic rings. The maximum atomic E-state index is 11.2. The molecule has 0 saturated heterocycles. The van der Waals surface area contributed by atoms with Crippen LogP contribution in [0.4, 0.5) is 0 Å². The summed E-state index contributed by atoms with van der Waals surface area (Å²) in [5.41, 5.74) is 2.71. The third kappa shape index (κ3) is 1.77. The van der Waals surface area contributed by atoms with Gasteiger partial charge in [0.05, 0.1) is 22.6 Å². The van der Waals surface area contributed by atoms with Gasteiger partial charge in [-0.05, 0) is 31.0 Å². The van der Waals surface area contributed by atoms with Crippen molar-refractivity contribution in [1.29, 1.82) is 0 Å². The van der Waals surface area contributed by atoms with E-state index in [0.717, 1.165) is 24.2 Å². The molecule has 0 aliphatic heterocycles. The number of aromatic carboxylic acids is 1. The summed E-state index contributed by atoms with van der Waals surface area (Å²) < 4.78 is 1.74. The lowest BCUT2D eigenvalue weighted by molar-refractivity contribution is 0.0695. The van der Waals surface area contributed by atoms with E-state index in [-0.39, 0.29) is 0 Å². The molecule has 5 nitrogen and oxygen atoms in total. The molecule has 92 valence electrons. The monoisotopic (exact) mass is 243 g/mol. The van der Waals surface area contributed by atoms with Crippen molar-refractivity contribution >= 4 is 5.97 Å². The van der Waals surface area contributed by atoms with Gasteiger partial charge in [0.2, 0.25) is 0 Å². The number of carbonyl (C=O) groups is 1. The van der Waals surface area contributed by atoms with Crippen molar-refractivity contribution < 1.29 is 9.90 Å². The summed E-state index contributed by atoms with van der Waals surface area (Å²) in [7, 11) is 1.85. The highest BCUT2D eigenvalue weighted by Gasteiger charge is 2.30. The van der Waals surface area contributed by atoms with Gasteiger partial charge in [0.1, 0.15) is 0 Å². The SMILES string of the molecule is Cn1nccc1-c1ccc(C(=O)O)c(C2CC2)n1. The Morgan fingerprint density at radius 1 is 1.39 bits per heavy atom. The minimum atomic E-state index is -0.902. The van der Waals surface area contributed by atoms with Crippen molar-refractivity contribution in [3.63, 3.8) is 0 Å². The molecule has 2 heterocycles. The zero-order valence-corrected chi connectivity index (χ0v) is 10.00. The number of aromatic nitrogens is 3. The summed E-state index contributed by atoms with van der Waals surface area (Å²) in [6, 6.07) is 5.26. The van der Waals surface area contributed by atoms with Gasteiger partial charge in [0.15, 0.2) is 0 Å². The maximum Gasteiger partial charge on any atom is 0.337 e. The van der Waals surface area contributed by atoms with Crippen LogP contribution in [-0.4, -0.2) is 25.8 Å². The quantitative estimate of drug-likeness (QED) is 0.895. The van der Waals surface area contributed by atoms with Crippen LogP contribution in [0.3, 0.4) is 0 Å². The first-order valence-corrected chi connectivity index (χ1v) is 5.89. The molecule has 0 aromatic carbocycles. The Morgan fingerprint density at radius 2 is 2.17 bits per heavy atom. The van der Waals surface area contributed by atoms with Gasteiger partial charge in [-0.25, -0.2) is 4.79 Å². The molecule has 1 saturated carbocycles. The lowest BCUT2D eigenvalue weighted by Gasteiger charge is -2.07. The molecule has 0 unspecified atom stereocenters. The summed E-state index contributed by atoms with van der Waals surface area (Å²) >= 11 is 0. The molecule has 1 N–H and O–H groups in total. The number of hydrogen-bond acceptors (Lipinski definition) is 3. The van der Waals surface area contributed by atoms with Crippen molar-refractivity contribution in [2.75, 3.05) is 0 Å². The molecular formula is C13H13N3O2. The minimum Gasteiger partial charge on any atom is -0.478 e. The standard InChI is InChI=1S/C13H13N3O2/c1-16-11(6-7-14-16)10-5-4-9(13(17)18)12(15-10)8-2-3-8/h4-8H,2-3H2,1H3,(H,17,18). The molecule has 5 heteroatoms. The van der Waals surface area contributed by atoms with Gasteiger partial charge < -0.3 is 5.11 Å². The van der Waals surface area contributed by atoms with Crippen LogP contribution in [0.1, 0.15) is 34.8 Å². The highest BCUT2D eigenvalue weighted by atomic mass is 16.4. The van der Waals surface area contributed by atoms with Crippen molar-refractivity contribution in [2.24, 2.45) is 7.05 Å². The number of carboxylic acid groups (broad SMARTS) is 1. The lowest BCUT2D eigenvalue weighted by Crippen LogP contribution is -2.05. The van der Waals surface area contributed by atoms with Crippen molar-refractivity contribution in [3.05, 3.63) is 35.7 Å². The van der Waals surface area contributed by atoms with Crippen LogP contribution in [0, 0.1) is 0 Å². The normalized spacial score (nSPS) is 14.7. The number of hydrogen-bond donors (Lipinski definition) is 1. The molecule has 0 bridgehead atoms. The van der Waals surface area contributed by atoms with E-state index in [4.69, 9.17) is 5.11 Å². The highest BCUT2D eigenvalue weighted by Crippen LogP contribution is 2.41. The van der Waals surface area contributed by atoms with Crippen LogP contribution in [-0.2, 0) is 7.05 Å². The Morgan fingerprint density at radius 3 is 2.72 bits per heavy atom. The number of nitrogens with zero attached hydrogens (tertiary/aromatic N) is 3. The molecule has 0 radical (unpaired) electrons. The van der Waals surface area contributed by atoms with Gasteiger partial charge in [0.25, 0.3) is 0 Å². The minimum absolute atomic E-state index is 0.310. The van der Waals surface area contributed by atoms with Crippen molar-refractivity contribution in [2.45, 2.75) is 18.8 Å². The first-order chi connectivity index (χ1) is 8.66. The van der Waals surface area contributed by atoms with Crippen LogP contribution in [0.5, 0.6) is 0 Å². The number of aryl methyl sites for hydroxylation is 1. The van der Waals surface area contributed by atoms with Gasteiger partial charge in [0, 0.05) is 19.2 Å². The van der Waals surface area contributed by atoms with Crippen molar-refractivity contribution in [1.82, 2.24) is 14.8 Å². The Balaban J connectivity index is 2.11. The Labute approximate surface area is 104 Å². The maximum absolute atomic E-state index is 11.2. The highest BCUT2D eigenvalue weighted by molar-refractivity contribution is 5.89. The van der Waals surface area contributed by atoms with E-state index in [0.29, 0.717) is 17.2 Å². The molecule has 2 aromatic heterocycles.